The van der Waals surface area contributed by atoms with Crippen LogP contribution in [0.15, 0.2) is 53.7 Å². The van der Waals surface area contributed by atoms with Gasteiger partial charge in [0.25, 0.3) is 0 Å². The number of carbonyl (C=O) groups is 1. The maximum absolute atomic E-state index is 13.7. The van der Waals surface area contributed by atoms with E-state index in [2.05, 4.69) is 5.32 Å². The summed E-state index contributed by atoms with van der Waals surface area (Å²) in [5.41, 5.74) is 3.45. The third-order valence-corrected chi connectivity index (χ3v) is 5.48. The number of rotatable bonds is 6. The minimum atomic E-state index is -0.532. The van der Waals surface area contributed by atoms with Crippen LogP contribution in [0.2, 0.25) is 5.02 Å². The number of anilines is 1. The van der Waals surface area contributed by atoms with E-state index in [0.29, 0.717) is 22.1 Å². The van der Waals surface area contributed by atoms with Crippen LogP contribution in [0.5, 0.6) is 0 Å². The fraction of sp³-hybridized carbons (Fsp3) is 0.273. The molecule has 5 nitrogen and oxygen atoms in total. The Bertz CT molecular complexity index is 1010. The fourth-order valence-electron chi connectivity index (χ4n) is 3.38. The van der Waals surface area contributed by atoms with E-state index in [1.807, 2.05) is 31.2 Å². The van der Waals surface area contributed by atoms with E-state index >= 15 is 0 Å². The molecule has 1 aliphatic rings. The quantitative estimate of drug-likeness (QED) is 0.393. The van der Waals surface area contributed by atoms with Crippen LogP contribution in [0.4, 0.5) is 10.1 Å². The molecule has 8 heteroatoms. The van der Waals surface area contributed by atoms with E-state index in [4.69, 9.17) is 33.3 Å². The molecule has 0 aliphatic carbocycles. The Morgan fingerprint density at radius 2 is 1.97 bits per heavy atom. The molecule has 0 saturated heterocycles. The summed E-state index contributed by atoms with van der Waals surface area (Å²) < 4.78 is 24.1. The van der Waals surface area contributed by atoms with Gasteiger partial charge in [0, 0.05) is 18.5 Å². The van der Waals surface area contributed by atoms with Gasteiger partial charge in [0.1, 0.15) is 12.4 Å². The maximum Gasteiger partial charge on any atom is 0.338 e. The zero-order chi connectivity index (χ0) is 21.8. The van der Waals surface area contributed by atoms with E-state index in [9.17, 15) is 9.18 Å². The zero-order valence-corrected chi connectivity index (χ0v) is 18.4. The Morgan fingerprint density at radius 3 is 2.63 bits per heavy atom. The number of allylic oxidation sites excluding steroid dienone is 1. The lowest BCUT2D eigenvalue weighted by atomic mass is 9.92. The molecule has 1 heterocycles. The molecule has 0 spiro atoms. The first-order valence-corrected chi connectivity index (χ1v) is 10.1. The fourth-order valence-corrected chi connectivity index (χ4v) is 3.92. The molecule has 0 saturated carbocycles. The van der Waals surface area contributed by atoms with Crippen molar-refractivity contribution in [2.24, 2.45) is 0 Å². The van der Waals surface area contributed by atoms with Crippen LogP contribution in [-0.4, -0.2) is 31.4 Å². The number of aryl methyl sites for hydroxylation is 1. The largest absolute Gasteiger partial charge is 0.460 e. The van der Waals surface area contributed by atoms with Crippen molar-refractivity contribution in [3.63, 3.8) is 0 Å². The number of hydrogen-bond donors (Lipinski definition) is 1. The van der Waals surface area contributed by atoms with Gasteiger partial charge < -0.3 is 14.8 Å². The molecule has 2 aromatic rings. The van der Waals surface area contributed by atoms with Gasteiger partial charge in [0.05, 0.1) is 23.2 Å². The van der Waals surface area contributed by atoms with Crippen LogP contribution < -0.4 is 10.2 Å². The van der Waals surface area contributed by atoms with Crippen LogP contribution in [0.3, 0.4) is 0 Å². The van der Waals surface area contributed by atoms with Gasteiger partial charge in [-0.2, -0.15) is 0 Å². The van der Waals surface area contributed by atoms with E-state index in [0.717, 1.165) is 11.1 Å². The summed E-state index contributed by atoms with van der Waals surface area (Å²) in [6, 6.07) is 11.5. The van der Waals surface area contributed by atoms with Crippen LogP contribution >= 0.6 is 23.8 Å². The van der Waals surface area contributed by atoms with Gasteiger partial charge in [0.2, 0.25) is 0 Å². The highest BCUT2D eigenvalue weighted by molar-refractivity contribution is 7.80. The Hall–Kier alpha value is -2.48. The predicted octanol–water partition coefficient (Wildman–Crippen LogP) is 4.69. The van der Waals surface area contributed by atoms with Crippen molar-refractivity contribution in [1.82, 2.24) is 5.32 Å². The third-order valence-electron chi connectivity index (χ3n) is 4.89. The lowest BCUT2D eigenvalue weighted by Gasteiger charge is -2.38. The molecule has 0 amide bonds. The summed E-state index contributed by atoms with van der Waals surface area (Å²) in [6.07, 6.45) is 0. The summed E-state index contributed by atoms with van der Waals surface area (Å²) in [4.78, 5) is 14.7. The second-order valence-corrected chi connectivity index (χ2v) is 7.59. The first-order valence-electron chi connectivity index (χ1n) is 9.33. The highest BCUT2D eigenvalue weighted by Gasteiger charge is 2.36. The number of thiocarbonyl (C=S) groups is 1. The topological polar surface area (TPSA) is 50.8 Å². The number of nitrogens with one attached hydrogen (secondary N) is 1. The summed E-state index contributed by atoms with van der Waals surface area (Å²) in [6.45, 7) is 4.16. The van der Waals surface area contributed by atoms with Gasteiger partial charge in [0.15, 0.2) is 5.11 Å². The third kappa shape index (κ3) is 4.48. The average molecular weight is 449 g/mol. The SMILES string of the molecule is COCCOC(=O)C1=C(C)N(c2ccc(F)c(Cl)c2)C(=S)NC1c1ccccc1C. The second-order valence-electron chi connectivity index (χ2n) is 6.80. The molecule has 1 unspecified atom stereocenters. The molecule has 30 heavy (non-hydrogen) atoms. The second kappa shape index (κ2) is 9.55. The molecular formula is C22H22ClFN2O3S. The highest BCUT2D eigenvalue weighted by Crippen LogP contribution is 2.36. The smallest absolute Gasteiger partial charge is 0.338 e. The monoisotopic (exact) mass is 448 g/mol. The molecule has 1 atom stereocenters. The molecule has 2 aromatic carbocycles. The number of esters is 1. The normalized spacial score (nSPS) is 16.5. The van der Waals surface area contributed by atoms with Gasteiger partial charge in [-0.1, -0.05) is 35.9 Å². The van der Waals surface area contributed by atoms with Crippen LogP contribution in [0.1, 0.15) is 24.1 Å². The summed E-state index contributed by atoms with van der Waals surface area (Å²) >= 11 is 11.6. The Kier molecular flexibility index (Phi) is 7.07. The standard InChI is InChI=1S/C22H22ClFN2O3S/c1-13-6-4-5-7-16(13)20-19(21(27)29-11-10-28-3)14(2)26(22(30)25-20)15-8-9-18(24)17(23)12-15/h4-9,12,20H,10-11H2,1-3H3,(H,25,30). The Labute approximate surface area is 185 Å². The highest BCUT2D eigenvalue weighted by atomic mass is 35.5. The lowest BCUT2D eigenvalue weighted by molar-refractivity contribution is -0.140. The van der Waals surface area contributed by atoms with Gasteiger partial charge >= 0.3 is 5.97 Å². The van der Waals surface area contributed by atoms with Crippen molar-refractivity contribution in [2.45, 2.75) is 19.9 Å². The number of ether oxygens (including phenoxy) is 2. The lowest BCUT2D eigenvalue weighted by Crippen LogP contribution is -2.48. The van der Waals surface area contributed by atoms with Crippen molar-refractivity contribution in [3.8, 4) is 0 Å². The van der Waals surface area contributed by atoms with Crippen molar-refractivity contribution in [2.75, 3.05) is 25.2 Å². The van der Waals surface area contributed by atoms with Gasteiger partial charge in [-0.15, -0.1) is 0 Å². The maximum atomic E-state index is 13.7. The Balaban J connectivity index is 2.10. The first kappa shape index (κ1) is 22.2. The molecule has 0 bridgehead atoms. The van der Waals surface area contributed by atoms with Crippen LogP contribution in [-0.2, 0) is 14.3 Å². The molecule has 3 rings (SSSR count). The van der Waals surface area contributed by atoms with Crippen molar-refractivity contribution >= 4 is 40.6 Å². The van der Waals surface area contributed by atoms with Gasteiger partial charge in [-0.3, -0.25) is 4.90 Å². The van der Waals surface area contributed by atoms with E-state index in [-0.39, 0.29) is 18.2 Å². The molecule has 0 radical (unpaired) electrons. The van der Waals surface area contributed by atoms with Crippen LogP contribution in [0.25, 0.3) is 0 Å². The number of benzene rings is 2. The average Bonchev–Trinajstić information content (AvgIpc) is 2.70. The van der Waals surface area contributed by atoms with E-state index < -0.39 is 17.8 Å². The number of carbonyl (C=O) groups excluding carboxylic acids is 1. The van der Waals surface area contributed by atoms with Crippen molar-refractivity contribution in [3.05, 3.63) is 75.7 Å². The van der Waals surface area contributed by atoms with Gasteiger partial charge in [-0.25, -0.2) is 9.18 Å². The minimum Gasteiger partial charge on any atom is -0.460 e. The van der Waals surface area contributed by atoms with E-state index in [1.54, 1.807) is 17.9 Å². The summed E-state index contributed by atoms with van der Waals surface area (Å²) in [5, 5.41) is 3.58. The summed E-state index contributed by atoms with van der Waals surface area (Å²) in [5.74, 6) is -1.01. The molecular weight excluding hydrogens is 427 g/mol. The molecule has 1 N–H and O–H groups in total. The van der Waals surface area contributed by atoms with E-state index in [1.165, 1.54) is 19.2 Å². The minimum absolute atomic E-state index is 0.0339. The van der Waals surface area contributed by atoms with Crippen LogP contribution in [0, 0.1) is 12.7 Å². The zero-order valence-electron chi connectivity index (χ0n) is 16.9. The van der Waals surface area contributed by atoms with Gasteiger partial charge in [-0.05, 0) is 55.4 Å². The number of halogens is 2. The molecule has 0 fully saturated rings. The van der Waals surface area contributed by atoms with Crippen molar-refractivity contribution in [1.29, 1.82) is 0 Å². The Morgan fingerprint density at radius 1 is 1.23 bits per heavy atom. The summed E-state index contributed by atoms with van der Waals surface area (Å²) in [7, 11) is 1.54. The molecule has 158 valence electrons. The first-order chi connectivity index (χ1) is 14.3. The number of nitrogens with zero attached hydrogens (tertiary/aromatic N) is 1. The molecule has 0 aromatic heterocycles. The molecule has 1 aliphatic heterocycles. The van der Waals surface area contributed by atoms with Crippen molar-refractivity contribution < 1.29 is 18.7 Å². The number of methoxy groups -OCH3 is 1. The predicted molar refractivity (Wildman–Crippen MR) is 119 cm³/mol. The number of hydrogen-bond acceptors (Lipinski definition) is 4.